The zero-order valence-electron chi connectivity index (χ0n) is 11.3. The molecule has 0 unspecified atom stereocenters. The molecule has 1 aliphatic rings. The quantitative estimate of drug-likeness (QED) is 0.917. The zero-order chi connectivity index (χ0) is 13.1. The Balaban J connectivity index is 1.91. The van der Waals surface area contributed by atoms with Crippen molar-refractivity contribution >= 4 is 0 Å². The summed E-state index contributed by atoms with van der Waals surface area (Å²) in [4.78, 5) is 4.85. The third-order valence-corrected chi connectivity index (χ3v) is 3.76. The van der Waals surface area contributed by atoms with Crippen LogP contribution in [0.1, 0.15) is 31.4 Å². The lowest BCUT2D eigenvalue weighted by Crippen LogP contribution is -2.28. The van der Waals surface area contributed by atoms with Gasteiger partial charge in [-0.15, -0.1) is 0 Å². The van der Waals surface area contributed by atoms with Crippen molar-refractivity contribution in [2.45, 2.75) is 32.2 Å². The summed E-state index contributed by atoms with van der Waals surface area (Å²) in [5.74, 6) is 0.548. The molecule has 0 aromatic carbocycles. The van der Waals surface area contributed by atoms with Crippen LogP contribution >= 0.6 is 0 Å². The highest BCUT2D eigenvalue weighted by molar-refractivity contribution is 5.54. The molecule has 1 fully saturated rings. The summed E-state index contributed by atoms with van der Waals surface area (Å²) in [5, 5.41) is 7.77. The van der Waals surface area contributed by atoms with Gasteiger partial charge in [-0.3, -0.25) is 9.67 Å². The third-order valence-electron chi connectivity index (χ3n) is 3.76. The van der Waals surface area contributed by atoms with Crippen LogP contribution in [0.4, 0.5) is 0 Å². The van der Waals surface area contributed by atoms with Crippen molar-refractivity contribution in [2.24, 2.45) is 0 Å². The maximum atomic E-state index is 4.85. The number of aryl methyl sites for hydroxylation is 1. The van der Waals surface area contributed by atoms with Crippen molar-refractivity contribution in [1.29, 1.82) is 0 Å². The van der Waals surface area contributed by atoms with Crippen molar-refractivity contribution in [2.75, 3.05) is 13.1 Å². The largest absolute Gasteiger partial charge is 0.316 e. The fraction of sp³-hybridized carbons (Fsp3) is 0.467. The van der Waals surface area contributed by atoms with Gasteiger partial charge in [-0.1, -0.05) is 6.07 Å². The average Bonchev–Trinajstić information content (AvgIpc) is 2.97. The van der Waals surface area contributed by atoms with Gasteiger partial charge >= 0.3 is 0 Å². The van der Waals surface area contributed by atoms with Gasteiger partial charge in [0.05, 0.1) is 11.4 Å². The first kappa shape index (κ1) is 12.4. The van der Waals surface area contributed by atoms with E-state index in [4.69, 9.17) is 4.98 Å². The molecule has 2 aromatic heterocycles. The zero-order valence-corrected chi connectivity index (χ0v) is 11.3. The molecule has 0 spiro atoms. The van der Waals surface area contributed by atoms with Gasteiger partial charge < -0.3 is 5.32 Å². The molecule has 4 nitrogen and oxygen atoms in total. The smallest absolute Gasteiger partial charge is 0.0886 e. The maximum Gasteiger partial charge on any atom is 0.0886 e. The van der Waals surface area contributed by atoms with Gasteiger partial charge in [0.1, 0.15) is 0 Å². The summed E-state index contributed by atoms with van der Waals surface area (Å²) >= 11 is 0. The van der Waals surface area contributed by atoms with E-state index in [-0.39, 0.29) is 0 Å². The summed E-state index contributed by atoms with van der Waals surface area (Å²) in [5.41, 5.74) is 3.34. The van der Waals surface area contributed by atoms with Crippen molar-refractivity contribution in [3.05, 3.63) is 36.2 Å². The molecule has 19 heavy (non-hydrogen) atoms. The lowest BCUT2D eigenvalue weighted by atomic mass is 9.95. The van der Waals surface area contributed by atoms with E-state index in [0.717, 1.165) is 31.0 Å². The van der Waals surface area contributed by atoms with Gasteiger partial charge in [0, 0.05) is 30.9 Å². The molecular formula is C15H20N4. The van der Waals surface area contributed by atoms with Crippen molar-refractivity contribution in [1.82, 2.24) is 20.1 Å². The first-order valence-electron chi connectivity index (χ1n) is 7.08. The second-order valence-corrected chi connectivity index (χ2v) is 5.02. The van der Waals surface area contributed by atoms with Gasteiger partial charge in [0.2, 0.25) is 0 Å². The Morgan fingerprint density at radius 2 is 2.32 bits per heavy atom. The number of nitrogens with zero attached hydrogens (tertiary/aromatic N) is 3. The summed E-state index contributed by atoms with van der Waals surface area (Å²) in [6.45, 7) is 5.16. The van der Waals surface area contributed by atoms with E-state index in [1.54, 1.807) is 0 Å². The molecule has 4 heteroatoms. The summed E-state index contributed by atoms with van der Waals surface area (Å²) in [6, 6.07) is 8.37. The summed E-state index contributed by atoms with van der Waals surface area (Å²) in [6.07, 6.45) is 4.31. The van der Waals surface area contributed by atoms with E-state index < -0.39 is 0 Å². The van der Waals surface area contributed by atoms with Crippen molar-refractivity contribution in [3.8, 4) is 11.4 Å². The number of piperidine rings is 1. The molecule has 1 aliphatic heterocycles. The first-order chi connectivity index (χ1) is 9.38. The van der Waals surface area contributed by atoms with Crippen LogP contribution in [-0.2, 0) is 6.54 Å². The number of hydrogen-bond acceptors (Lipinski definition) is 3. The van der Waals surface area contributed by atoms with Crippen LogP contribution in [0, 0.1) is 0 Å². The van der Waals surface area contributed by atoms with Crippen LogP contribution in [0.2, 0.25) is 0 Å². The number of nitrogens with one attached hydrogen (secondary N) is 1. The second kappa shape index (κ2) is 5.53. The minimum atomic E-state index is 0.548. The van der Waals surface area contributed by atoms with Gasteiger partial charge in [0.15, 0.2) is 0 Å². The van der Waals surface area contributed by atoms with Gasteiger partial charge in [0.25, 0.3) is 0 Å². The van der Waals surface area contributed by atoms with E-state index in [1.807, 2.05) is 16.9 Å². The van der Waals surface area contributed by atoms with E-state index in [0.29, 0.717) is 5.92 Å². The predicted molar refractivity (Wildman–Crippen MR) is 76.0 cm³/mol. The highest BCUT2D eigenvalue weighted by Gasteiger charge is 2.17. The Morgan fingerprint density at radius 3 is 3.11 bits per heavy atom. The minimum Gasteiger partial charge on any atom is -0.316 e. The molecule has 0 radical (unpaired) electrons. The molecular weight excluding hydrogens is 236 g/mol. The highest BCUT2D eigenvalue weighted by Crippen LogP contribution is 2.24. The molecule has 0 bridgehead atoms. The molecule has 0 amide bonds. The molecule has 0 aliphatic carbocycles. The topological polar surface area (TPSA) is 42.7 Å². The fourth-order valence-corrected chi connectivity index (χ4v) is 2.73. The normalized spacial score (nSPS) is 19.5. The lowest BCUT2D eigenvalue weighted by Gasteiger charge is -2.22. The van der Waals surface area contributed by atoms with Gasteiger partial charge in [-0.2, -0.15) is 5.10 Å². The molecule has 1 N–H and O–H groups in total. The molecule has 3 rings (SSSR count). The molecule has 100 valence electrons. The summed E-state index contributed by atoms with van der Waals surface area (Å²) in [7, 11) is 0. The van der Waals surface area contributed by atoms with Crippen LogP contribution in [0.15, 0.2) is 30.5 Å². The van der Waals surface area contributed by atoms with Gasteiger partial charge in [-0.05, 0) is 44.5 Å². The van der Waals surface area contributed by atoms with Crippen LogP contribution in [-0.4, -0.2) is 27.9 Å². The van der Waals surface area contributed by atoms with E-state index >= 15 is 0 Å². The Morgan fingerprint density at radius 1 is 1.37 bits per heavy atom. The molecule has 1 saturated heterocycles. The van der Waals surface area contributed by atoms with Crippen LogP contribution in [0.5, 0.6) is 0 Å². The van der Waals surface area contributed by atoms with Crippen LogP contribution in [0.25, 0.3) is 11.4 Å². The monoisotopic (exact) mass is 256 g/mol. The number of hydrogen-bond donors (Lipinski definition) is 1. The maximum absolute atomic E-state index is 4.85. The number of aromatic nitrogens is 3. The first-order valence-corrected chi connectivity index (χ1v) is 7.08. The molecule has 0 saturated carbocycles. The third kappa shape index (κ3) is 2.54. The molecule has 3 heterocycles. The predicted octanol–water partition coefficient (Wildman–Crippen LogP) is 2.43. The van der Waals surface area contributed by atoms with Crippen molar-refractivity contribution in [3.63, 3.8) is 0 Å². The van der Waals surface area contributed by atoms with E-state index in [2.05, 4.69) is 35.5 Å². The van der Waals surface area contributed by atoms with E-state index in [9.17, 15) is 0 Å². The van der Waals surface area contributed by atoms with E-state index in [1.165, 1.54) is 18.5 Å². The van der Waals surface area contributed by atoms with Crippen LogP contribution in [0.3, 0.4) is 0 Å². The summed E-state index contributed by atoms with van der Waals surface area (Å²) < 4.78 is 1.99. The highest BCUT2D eigenvalue weighted by atomic mass is 15.3. The Kier molecular flexibility index (Phi) is 3.60. The Bertz CT molecular complexity index is 541. The fourth-order valence-electron chi connectivity index (χ4n) is 2.73. The SMILES string of the molecule is CCn1nccc1-c1cccc([C@@H]2CCCNC2)n1. The number of pyridine rings is 1. The Labute approximate surface area is 113 Å². The average molecular weight is 256 g/mol. The lowest BCUT2D eigenvalue weighted by molar-refractivity contribution is 0.455. The van der Waals surface area contributed by atoms with Crippen LogP contribution < -0.4 is 5.32 Å². The molecule has 2 aromatic rings. The minimum absolute atomic E-state index is 0.548. The standard InChI is InChI=1S/C15H20N4/c1-2-19-15(8-10-17-19)14-7-3-6-13(18-14)12-5-4-9-16-11-12/h3,6-8,10,12,16H,2,4-5,9,11H2,1H3/t12-/m1/s1. The van der Waals surface area contributed by atoms with Crippen molar-refractivity contribution < 1.29 is 0 Å². The molecule has 1 atom stereocenters. The second-order valence-electron chi connectivity index (χ2n) is 5.02. The Hall–Kier alpha value is -1.68. The van der Waals surface area contributed by atoms with Gasteiger partial charge in [-0.25, -0.2) is 0 Å². The number of rotatable bonds is 3.